The molecule has 2 aromatic rings. The van der Waals surface area contributed by atoms with Crippen LogP contribution in [-0.2, 0) is 19.6 Å². The molecular weight excluding hydrogens is 414 g/mol. The van der Waals surface area contributed by atoms with Crippen LogP contribution in [0.3, 0.4) is 0 Å². The minimum atomic E-state index is -3.59. The van der Waals surface area contributed by atoms with Gasteiger partial charge in [-0.1, -0.05) is 24.3 Å². The number of nitrogens with one attached hydrogen (secondary N) is 1. The summed E-state index contributed by atoms with van der Waals surface area (Å²) in [6, 6.07) is 13.2. The summed E-state index contributed by atoms with van der Waals surface area (Å²) in [7, 11) is -2.05. The Morgan fingerprint density at radius 3 is 2.35 bits per heavy atom. The number of hydrogen-bond acceptors (Lipinski definition) is 4. The van der Waals surface area contributed by atoms with Crippen LogP contribution in [0.1, 0.15) is 44.4 Å². The fraction of sp³-hybridized carbons (Fsp3) is 0.304. The molecule has 0 unspecified atom stereocenters. The summed E-state index contributed by atoms with van der Waals surface area (Å²) in [5, 5.41) is 2.80. The highest BCUT2D eigenvalue weighted by molar-refractivity contribution is 7.89. The molecule has 164 valence electrons. The van der Waals surface area contributed by atoms with Gasteiger partial charge < -0.3 is 10.2 Å². The van der Waals surface area contributed by atoms with Crippen molar-refractivity contribution in [2.45, 2.75) is 44.2 Å². The minimum absolute atomic E-state index is 0.0804. The third-order valence-corrected chi connectivity index (χ3v) is 7.44. The van der Waals surface area contributed by atoms with Gasteiger partial charge in [-0.25, -0.2) is 8.42 Å². The van der Waals surface area contributed by atoms with E-state index in [0.717, 1.165) is 11.1 Å². The lowest BCUT2D eigenvalue weighted by Gasteiger charge is -2.32. The monoisotopic (exact) mass is 441 g/mol. The Morgan fingerprint density at radius 2 is 1.74 bits per heavy atom. The van der Waals surface area contributed by atoms with Crippen LogP contribution in [0.2, 0.25) is 0 Å². The molecule has 0 saturated heterocycles. The first-order valence-electron chi connectivity index (χ1n) is 10.0. The zero-order valence-electron chi connectivity index (χ0n) is 18.1. The molecule has 1 aliphatic rings. The molecule has 0 aliphatic carbocycles. The van der Waals surface area contributed by atoms with Crippen LogP contribution < -0.4 is 5.32 Å². The Morgan fingerprint density at radius 1 is 1.10 bits per heavy atom. The second-order valence-corrected chi connectivity index (χ2v) is 9.78. The van der Waals surface area contributed by atoms with E-state index in [1.54, 1.807) is 37.1 Å². The van der Waals surface area contributed by atoms with Crippen LogP contribution in [0, 0.1) is 0 Å². The van der Waals surface area contributed by atoms with Gasteiger partial charge in [0, 0.05) is 31.9 Å². The molecule has 1 heterocycles. The van der Waals surface area contributed by atoms with Crippen LogP contribution in [0.25, 0.3) is 6.08 Å². The molecule has 2 aromatic carbocycles. The Kier molecular flexibility index (Phi) is 6.62. The van der Waals surface area contributed by atoms with Gasteiger partial charge >= 0.3 is 0 Å². The molecule has 0 spiro atoms. The number of anilines is 1. The number of carbonyl (C=O) groups excluding carboxylic acids is 2. The second kappa shape index (κ2) is 9.03. The van der Waals surface area contributed by atoms with Gasteiger partial charge in [-0.3, -0.25) is 9.59 Å². The van der Waals surface area contributed by atoms with E-state index in [4.69, 9.17) is 0 Å². The van der Waals surface area contributed by atoms with Gasteiger partial charge in [0.25, 0.3) is 0 Å². The lowest BCUT2D eigenvalue weighted by molar-refractivity contribution is -0.129. The topological polar surface area (TPSA) is 86.8 Å². The summed E-state index contributed by atoms with van der Waals surface area (Å²) in [5.41, 5.74) is 2.38. The normalized spacial score (nSPS) is 15.8. The van der Waals surface area contributed by atoms with Crippen molar-refractivity contribution in [1.82, 2.24) is 9.21 Å². The van der Waals surface area contributed by atoms with Crippen LogP contribution >= 0.6 is 0 Å². The molecule has 0 bridgehead atoms. The average Bonchev–Trinajstić information content (AvgIpc) is 2.73. The molecule has 1 aliphatic heterocycles. The maximum Gasteiger partial charge on any atom is 0.243 e. The Balaban J connectivity index is 1.75. The van der Waals surface area contributed by atoms with Crippen LogP contribution in [0.15, 0.2) is 59.6 Å². The third kappa shape index (κ3) is 4.86. The van der Waals surface area contributed by atoms with Gasteiger partial charge in [-0.05, 0) is 55.3 Å². The van der Waals surface area contributed by atoms with Crippen molar-refractivity contribution < 1.29 is 18.0 Å². The highest BCUT2D eigenvalue weighted by Gasteiger charge is 2.28. The number of rotatable bonds is 6. The quantitative estimate of drug-likeness (QED) is 0.742. The predicted molar refractivity (Wildman–Crippen MR) is 121 cm³/mol. The summed E-state index contributed by atoms with van der Waals surface area (Å²) in [6.45, 7) is 5.07. The maximum absolute atomic E-state index is 12.7. The molecule has 8 heteroatoms. The van der Waals surface area contributed by atoms with E-state index < -0.39 is 16.1 Å². The van der Waals surface area contributed by atoms with Crippen LogP contribution in [0.5, 0.6) is 0 Å². The van der Waals surface area contributed by atoms with Gasteiger partial charge in [0.2, 0.25) is 21.8 Å². The van der Waals surface area contributed by atoms with Crippen molar-refractivity contribution in [1.29, 1.82) is 0 Å². The number of amides is 2. The van der Waals surface area contributed by atoms with Gasteiger partial charge in [0.15, 0.2) is 0 Å². The summed E-state index contributed by atoms with van der Waals surface area (Å²) < 4.78 is 26.5. The van der Waals surface area contributed by atoms with Crippen molar-refractivity contribution in [3.05, 3.63) is 65.9 Å². The fourth-order valence-electron chi connectivity index (χ4n) is 3.45. The molecule has 7 nitrogen and oxygen atoms in total. The van der Waals surface area contributed by atoms with E-state index in [-0.39, 0.29) is 29.2 Å². The van der Waals surface area contributed by atoms with Crippen LogP contribution in [0.4, 0.5) is 5.69 Å². The summed E-state index contributed by atoms with van der Waals surface area (Å²) in [4.78, 5) is 26.5. The number of carbonyl (C=O) groups is 2. The van der Waals surface area contributed by atoms with Gasteiger partial charge in [-0.2, -0.15) is 4.31 Å². The van der Waals surface area contributed by atoms with Crippen molar-refractivity contribution in [2.24, 2.45) is 0 Å². The van der Waals surface area contributed by atoms with E-state index in [9.17, 15) is 18.0 Å². The first-order valence-corrected chi connectivity index (χ1v) is 11.5. The van der Waals surface area contributed by atoms with E-state index in [1.807, 2.05) is 30.3 Å². The fourth-order valence-corrected chi connectivity index (χ4v) is 4.82. The zero-order chi connectivity index (χ0) is 22.8. The van der Waals surface area contributed by atoms with E-state index in [1.165, 1.54) is 30.4 Å². The molecule has 3 rings (SSSR count). The molecular formula is C23H27N3O4S. The third-order valence-electron chi connectivity index (χ3n) is 5.39. The van der Waals surface area contributed by atoms with Gasteiger partial charge in [-0.15, -0.1) is 0 Å². The van der Waals surface area contributed by atoms with Gasteiger partial charge in [0.05, 0.1) is 17.4 Å². The van der Waals surface area contributed by atoms with Crippen molar-refractivity contribution in [3.63, 3.8) is 0 Å². The average molecular weight is 442 g/mol. The smallest absolute Gasteiger partial charge is 0.243 e. The lowest BCUT2D eigenvalue weighted by atomic mass is 9.93. The number of sulfonamides is 1. The standard InChI is InChI=1S/C23H27N3O4S/c1-16(2)25(4)31(29,30)20-11-9-19(10-12-20)24-23(28)15-22-21-8-6-5-7-18(21)13-14-26(22)17(3)27/h5-14,16,22H,15H2,1-4H3,(H,24,28)/t22-/m1/s1. The number of benzene rings is 2. The zero-order valence-corrected chi connectivity index (χ0v) is 18.9. The van der Waals surface area contributed by atoms with Crippen LogP contribution in [-0.4, -0.2) is 42.5 Å². The SMILES string of the molecule is CC(=O)N1C=Cc2ccccc2[C@H]1CC(=O)Nc1ccc(S(=O)(=O)N(C)C(C)C)cc1. The molecule has 0 fully saturated rings. The van der Waals surface area contributed by atoms with E-state index in [2.05, 4.69) is 5.32 Å². The van der Waals surface area contributed by atoms with Crippen molar-refractivity contribution in [3.8, 4) is 0 Å². The molecule has 1 atom stereocenters. The molecule has 0 saturated carbocycles. The largest absolute Gasteiger partial charge is 0.326 e. The second-order valence-electron chi connectivity index (χ2n) is 7.78. The summed E-state index contributed by atoms with van der Waals surface area (Å²) in [6.07, 6.45) is 3.64. The molecule has 0 radical (unpaired) electrons. The summed E-state index contributed by atoms with van der Waals surface area (Å²) in [5.74, 6) is -0.413. The van der Waals surface area contributed by atoms with Gasteiger partial charge in [0.1, 0.15) is 0 Å². The Hall–Kier alpha value is -2.97. The van der Waals surface area contributed by atoms with Crippen molar-refractivity contribution in [2.75, 3.05) is 12.4 Å². The molecule has 2 amide bonds. The van der Waals surface area contributed by atoms with E-state index in [0.29, 0.717) is 5.69 Å². The molecule has 0 aromatic heterocycles. The maximum atomic E-state index is 12.7. The number of fused-ring (bicyclic) bond motifs is 1. The van der Waals surface area contributed by atoms with Crippen molar-refractivity contribution >= 4 is 33.6 Å². The summed E-state index contributed by atoms with van der Waals surface area (Å²) >= 11 is 0. The number of nitrogens with zero attached hydrogens (tertiary/aromatic N) is 2. The number of hydrogen-bond donors (Lipinski definition) is 1. The van der Waals surface area contributed by atoms with E-state index >= 15 is 0 Å². The Labute approximate surface area is 183 Å². The Bertz CT molecular complexity index is 1110. The molecule has 31 heavy (non-hydrogen) atoms. The lowest BCUT2D eigenvalue weighted by Crippen LogP contribution is -2.33. The minimum Gasteiger partial charge on any atom is -0.326 e. The predicted octanol–water partition coefficient (Wildman–Crippen LogP) is 3.62. The highest BCUT2D eigenvalue weighted by Crippen LogP contribution is 2.33. The first kappa shape index (κ1) is 22.7. The first-order chi connectivity index (χ1) is 14.6. The highest BCUT2D eigenvalue weighted by atomic mass is 32.2. The molecule has 1 N–H and O–H groups in total.